The molecule has 0 radical (unpaired) electrons. The predicted molar refractivity (Wildman–Crippen MR) is 159 cm³/mol. The number of rotatable bonds is 22. The average molecular weight is 630 g/mol. The summed E-state index contributed by atoms with van der Waals surface area (Å²) in [5.41, 5.74) is 0.488. The topological polar surface area (TPSA) is 57.2 Å². The summed E-state index contributed by atoms with van der Waals surface area (Å²) in [7, 11) is -4.28. The predicted octanol–water partition coefficient (Wildman–Crippen LogP) is 10.5. The number of unbranched alkanes of at least 4 members (excludes halogenated alkanes) is 15. The van der Waals surface area contributed by atoms with Gasteiger partial charge in [-0.1, -0.05) is 18.2 Å². The molecular formula is C31H58O3SSn. The van der Waals surface area contributed by atoms with Gasteiger partial charge in [-0.25, -0.2) is 8.42 Å². The number of benzene rings is 1. The van der Waals surface area contributed by atoms with Crippen LogP contribution in [-0.4, -0.2) is 32.7 Å². The number of hydrogen-bond donors (Lipinski definition) is 0. The van der Waals surface area contributed by atoms with Gasteiger partial charge in [0.1, 0.15) is 10.1 Å². The fraction of sp³-hybridized carbons (Fsp3) is 0.806. The van der Waals surface area contributed by atoms with E-state index >= 15 is 0 Å². The molecular weight excluding hydrogens is 571 g/mol. The van der Waals surface area contributed by atoms with Crippen molar-refractivity contribution in [3.63, 3.8) is 0 Å². The van der Waals surface area contributed by atoms with E-state index in [1.54, 1.807) is 51.6 Å². The van der Waals surface area contributed by atoms with E-state index in [2.05, 4.69) is 20.8 Å². The zero-order valence-corrected chi connectivity index (χ0v) is 28.0. The van der Waals surface area contributed by atoms with Gasteiger partial charge in [-0.3, -0.25) is 0 Å². The molecule has 0 N–H and O–H groups in total. The Morgan fingerprint density at radius 3 is 1.22 bits per heavy atom. The molecule has 0 unspecified atom stereocenters. The van der Waals surface area contributed by atoms with Crippen LogP contribution in [0.3, 0.4) is 0 Å². The molecule has 0 spiro atoms. The Balaban J connectivity index is 0.000000918. The van der Waals surface area contributed by atoms with Gasteiger partial charge < -0.3 is 4.55 Å². The van der Waals surface area contributed by atoms with Crippen molar-refractivity contribution in [2.24, 2.45) is 0 Å². The molecule has 0 atom stereocenters. The van der Waals surface area contributed by atoms with Crippen molar-refractivity contribution in [1.82, 2.24) is 0 Å². The molecule has 0 amide bonds. The number of aryl methyl sites for hydroxylation is 1. The quantitative estimate of drug-likeness (QED) is 0.0729. The number of hydrogen-bond acceptors (Lipinski definition) is 3. The van der Waals surface area contributed by atoms with Gasteiger partial charge in [0.2, 0.25) is 0 Å². The van der Waals surface area contributed by atoms with Crippen LogP contribution in [-0.2, 0) is 10.1 Å². The summed E-state index contributed by atoms with van der Waals surface area (Å²) in [5, 5.41) is 0. The second-order valence-corrected chi connectivity index (χ2v) is 20.4. The Bertz CT molecular complexity index is 667. The molecule has 3 nitrogen and oxygen atoms in total. The van der Waals surface area contributed by atoms with Crippen LogP contribution in [0.15, 0.2) is 29.2 Å². The molecule has 1 aromatic rings. The summed E-state index contributed by atoms with van der Waals surface area (Å²) in [6, 6.07) is 6.10. The van der Waals surface area contributed by atoms with E-state index in [4.69, 9.17) is 0 Å². The van der Waals surface area contributed by atoms with Gasteiger partial charge in [-0.05, 0) is 18.6 Å². The van der Waals surface area contributed by atoms with Crippen LogP contribution in [0.5, 0.6) is 0 Å². The Kier molecular flexibility index (Phi) is 25.2. The van der Waals surface area contributed by atoms with Gasteiger partial charge in [-0.15, -0.1) is 0 Å². The first-order valence-corrected chi connectivity index (χ1v) is 22.7. The zero-order valence-electron chi connectivity index (χ0n) is 24.3. The summed E-state index contributed by atoms with van der Waals surface area (Å²) in [6.07, 6.45) is 26.9. The minimum Gasteiger partial charge on any atom is -0.744 e. The average Bonchev–Trinajstić information content (AvgIpc) is 2.85. The van der Waals surface area contributed by atoms with Crippen molar-refractivity contribution >= 4 is 29.9 Å². The molecule has 0 aliphatic carbocycles. The first kappa shape index (κ1) is 35.9. The van der Waals surface area contributed by atoms with E-state index in [1.165, 1.54) is 108 Å². The molecule has 0 aliphatic heterocycles. The molecule has 0 bridgehead atoms. The molecule has 0 saturated carbocycles. The summed E-state index contributed by atoms with van der Waals surface area (Å²) >= 11 is -1.02. The Labute approximate surface area is 233 Å². The van der Waals surface area contributed by atoms with Crippen LogP contribution in [0.1, 0.15) is 142 Å². The smallest absolute Gasteiger partial charge is 0.124 e. The molecule has 1 aromatic carbocycles. The van der Waals surface area contributed by atoms with Gasteiger partial charge in [0.05, 0.1) is 4.90 Å². The van der Waals surface area contributed by atoms with Gasteiger partial charge >= 0.3 is 169 Å². The largest absolute Gasteiger partial charge is 0.744 e. The molecule has 0 aliphatic rings. The van der Waals surface area contributed by atoms with E-state index in [0.29, 0.717) is 5.56 Å². The third-order valence-electron chi connectivity index (χ3n) is 7.01. The molecule has 36 heavy (non-hydrogen) atoms. The van der Waals surface area contributed by atoms with Gasteiger partial charge in [0.15, 0.2) is 0 Å². The Morgan fingerprint density at radius 1 is 0.583 bits per heavy atom. The third-order valence-corrected chi connectivity index (χ3v) is 17.1. The summed E-state index contributed by atoms with van der Waals surface area (Å²) in [6.45, 7) is 8.57. The van der Waals surface area contributed by atoms with Crippen molar-refractivity contribution in [3.8, 4) is 0 Å². The van der Waals surface area contributed by atoms with Crippen LogP contribution in [0.2, 0.25) is 13.3 Å². The van der Waals surface area contributed by atoms with Crippen LogP contribution in [0, 0.1) is 6.92 Å². The van der Waals surface area contributed by atoms with Crippen molar-refractivity contribution < 1.29 is 13.0 Å². The van der Waals surface area contributed by atoms with E-state index in [1.807, 2.05) is 0 Å². The first-order chi connectivity index (χ1) is 17.4. The second-order valence-electron chi connectivity index (χ2n) is 10.5. The fourth-order valence-electron chi connectivity index (χ4n) is 4.68. The van der Waals surface area contributed by atoms with E-state index < -0.39 is 29.9 Å². The van der Waals surface area contributed by atoms with E-state index in [-0.39, 0.29) is 4.90 Å². The summed E-state index contributed by atoms with van der Waals surface area (Å²) < 4.78 is 36.7. The fourth-order valence-corrected chi connectivity index (χ4v) is 13.9. The van der Waals surface area contributed by atoms with Gasteiger partial charge in [0, 0.05) is 0 Å². The van der Waals surface area contributed by atoms with E-state index in [0.717, 1.165) is 0 Å². The molecule has 0 fully saturated rings. The molecule has 1 rings (SSSR count). The monoisotopic (exact) mass is 630 g/mol. The maximum atomic E-state index is 10.5. The van der Waals surface area contributed by atoms with Crippen molar-refractivity contribution in [2.75, 3.05) is 0 Å². The maximum Gasteiger partial charge on any atom is 0.124 e. The van der Waals surface area contributed by atoms with Crippen molar-refractivity contribution in [1.29, 1.82) is 0 Å². The normalized spacial score (nSPS) is 11.2. The Hall–Kier alpha value is -0.0713. The summed E-state index contributed by atoms with van der Waals surface area (Å²) in [4.78, 5) is -0.139. The molecule has 5 heteroatoms. The maximum absolute atomic E-state index is 10.5. The van der Waals surface area contributed by atoms with Crippen LogP contribution < -0.4 is 0 Å². The SMILES string of the molecule is CCCCCCC[CH2][Sn+]([CH2]CCCCCCC)[CH2]CCCCCCC.Cc1ccccc1S(=O)(=O)[O-]. The minimum absolute atomic E-state index is 0.139. The van der Waals surface area contributed by atoms with Crippen molar-refractivity contribution in [2.45, 2.75) is 161 Å². The molecule has 210 valence electrons. The van der Waals surface area contributed by atoms with E-state index in [9.17, 15) is 13.0 Å². The van der Waals surface area contributed by atoms with Gasteiger partial charge in [-0.2, -0.15) is 0 Å². The first-order valence-electron chi connectivity index (χ1n) is 15.2. The molecule has 0 aromatic heterocycles. The standard InChI is InChI=1S/3C8H17.C7H8O3S.Sn/c3*1-3-5-7-8-6-4-2;1-6-4-2-3-5-7(6)11(8,9)10;/h3*1,3-8H2,2H3;2-5H,1H3,(H,8,9,10);/q;;;;+1/p-1. The van der Waals surface area contributed by atoms with Crippen molar-refractivity contribution in [3.05, 3.63) is 29.8 Å². The minimum atomic E-state index is -4.28. The van der Waals surface area contributed by atoms with Crippen LogP contribution >= 0.6 is 0 Å². The summed E-state index contributed by atoms with van der Waals surface area (Å²) in [5.74, 6) is 0. The Morgan fingerprint density at radius 2 is 0.917 bits per heavy atom. The zero-order chi connectivity index (χ0) is 26.9. The second kappa shape index (κ2) is 25.2. The molecule has 0 saturated heterocycles. The van der Waals surface area contributed by atoms with Crippen LogP contribution in [0.4, 0.5) is 0 Å². The van der Waals surface area contributed by atoms with Gasteiger partial charge in [0.25, 0.3) is 0 Å². The molecule has 0 heterocycles. The third kappa shape index (κ3) is 22.0. The van der Waals surface area contributed by atoms with Crippen LogP contribution in [0.25, 0.3) is 0 Å².